The summed E-state index contributed by atoms with van der Waals surface area (Å²) in [7, 11) is 0. The summed E-state index contributed by atoms with van der Waals surface area (Å²) in [5.41, 5.74) is 18.1. The maximum absolute atomic E-state index is 2.52. The molecule has 0 unspecified atom stereocenters. The zero-order chi connectivity index (χ0) is 37.6. The van der Waals surface area contributed by atoms with Crippen LogP contribution in [0.1, 0.15) is 25.0 Å². The Morgan fingerprint density at radius 1 is 0.321 bits per heavy atom. The fourth-order valence-electron chi connectivity index (χ4n) is 8.94. The lowest BCUT2D eigenvalue weighted by Crippen LogP contribution is -2.16. The van der Waals surface area contributed by atoms with Gasteiger partial charge in [-0.15, -0.1) is 0 Å². The lowest BCUT2D eigenvalue weighted by atomic mass is 9.82. The van der Waals surface area contributed by atoms with E-state index in [1.165, 1.54) is 83.2 Å². The van der Waals surface area contributed by atoms with Gasteiger partial charge < -0.3 is 4.90 Å². The van der Waals surface area contributed by atoms with Crippen molar-refractivity contribution in [1.29, 1.82) is 0 Å². The average molecular weight is 716 g/mol. The van der Waals surface area contributed by atoms with Gasteiger partial charge in [-0.2, -0.15) is 0 Å². The van der Waals surface area contributed by atoms with Crippen molar-refractivity contribution in [3.05, 3.63) is 223 Å². The zero-order valence-corrected chi connectivity index (χ0v) is 31.7. The summed E-state index contributed by atoms with van der Waals surface area (Å²) in [4.78, 5) is 2.52. The van der Waals surface area contributed by atoms with E-state index >= 15 is 0 Å². The van der Waals surface area contributed by atoms with Gasteiger partial charge in [-0.1, -0.05) is 196 Å². The van der Waals surface area contributed by atoms with Crippen LogP contribution in [0.5, 0.6) is 0 Å². The topological polar surface area (TPSA) is 3.24 Å². The summed E-state index contributed by atoms with van der Waals surface area (Å²) in [6.07, 6.45) is 0. The second-order valence-corrected chi connectivity index (χ2v) is 15.3. The minimum absolute atomic E-state index is 0.138. The normalized spacial score (nSPS) is 12.6. The van der Waals surface area contributed by atoms with Crippen LogP contribution in [0.2, 0.25) is 0 Å². The molecule has 0 bridgehead atoms. The standard InChI is InChI=1S/C55H41N/c1-55(2)49-27-14-13-25-48(49)54-50(55)28-16-30-52(54)56(44-35-33-40(34-36-44)38-17-5-3-6-18-38)51-29-15-26-46(43-32-31-39-19-9-10-22-42(39)37-43)53(51)47-24-12-11-23-45(47)41-20-7-4-8-21-41/h3-37H,1-2H3. The molecule has 9 aromatic carbocycles. The van der Waals surface area contributed by atoms with Gasteiger partial charge in [0.15, 0.2) is 0 Å². The highest BCUT2D eigenvalue weighted by Gasteiger charge is 2.38. The van der Waals surface area contributed by atoms with Crippen LogP contribution < -0.4 is 4.90 Å². The number of nitrogens with zero attached hydrogens (tertiary/aromatic N) is 1. The number of hydrogen-bond acceptors (Lipinski definition) is 1. The smallest absolute Gasteiger partial charge is 0.0546 e. The number of benzene rings is 9. The first-order valence-corrected chi connectivity index (χ1v) is 19.5. The summed E-state index contributed by atoms with van der Waals surface area (Å²) in [5.74, 6) is 0. The molecule has 0 atom stereocenters. The molecule has 9 aromatic rings. The average Bonchev–Trinajstić information content (AvgIpc) is 3.50. The lowest BCUT2D eigenvalue weighted by molar-refractivity contribution is 0.660. The van der Waals surface area contributed by atoms with Crippen molar-refractivity contribution >= 4 is 27.8 Å². The van der Waals surface area contributed by atoms with Crippen LogP contribution in [-0.4, -0.2) is 0 Å². The molecule has 0 heterocycles. The van der Waals surface area contributed by atoms with Crippen LogP contribution in [0.15, 0.2) is 212 Å². The molecule has 0 spiro atoms. The third-order valence-corrected chi connectivity index (χ3v) is 11.7. The number of rotatable bonds is 7. The summed E-state index contributed by atoms with van der Waals surface area (Å²) in [6, 6.07) is 77.8. The van der Waals surface area contributed by atoms with Crippen molar-refractivity contribution in [3.8, 4) is 55.6 Å². The van der Waals surface area contributed by atoms with E-state index in [1.54, 1.807) is 0 Å². The predicted molar refractivity (Wildman–Crippen MR) is 238 cm³/mol. The summed E-state index contributed by atoms with van der Waals surface area (Å²) >= 11 is 0. The van der Waals surface area contributed by atoms with E-state index in [4.69, 9.17) is 0 Å². The molecule has 10 rings (SSSR count). The largest absolute Gasteiger partial charge is 0.309 e. The number of anilines is 3. The fraction of sp³-hybridized carbons (Fsp3) is 0.0545. The first-order valence-electron chi connectivity index (χ1n) is 19.5. The van der Waals surface area contributed by atoms with Gasteiger partial charge in [-0.05, 0) is 96.7 Å². The highest BCUT2D eigenvalue weighted by Crippen LogP contribution is 2.56. The Morgan fingerprint density at radius 3 is 1.59 bits per heavy atom. The van der Waals surface area contributed by atoms with Gasteiger partial charge in [-0.25, -0.2) is 0 Å². The Hall–Kier alpha value is -6.96. The molecule has 1 aliphatic rings. The van der Waals surface area contributed by atoms with Crippen molar-refractivity contribution in [3.63, 3.8) is 0 Å². The quantitative estimate of drug-likeness (QED) is 0.159. The minimum atomic E-state index is -0.138. The van der Waals surface area contributed by atoms with E-state index < -0.39 is 0 Å². The van der Waals surface area contributed by atoms with Crippen LogP contribution in [0.3, 0.4) is 0 Å². The van der Waals surface area contributed by atoms with E-state index in [9.17, 15) is 0 Å². The Labute approximate surface area is 329 Å². The number of fused-ring (bicyclic) bond motifs is 4. The van der Waals surface area contributed by atoms with Gasteiger partial charge in [0, 0.05) is 22.2 Å². The molecule has 0 aliphatic heterocycles. The summed E-state index contributed by atoms with van der Waals surface area (Å²) in [5, 5.41) is 2.46. The van der Waals surface area contributed by atoms with Gasteiger partial charge in [0.1, 0.15) is 0 Å². The van der Waals surface area contributed by atoms with E-state index in [0.29, 0.717) is 0 Å². The molecule has 0 saturated heterocycles. The van der Waals surface area contributed by atoms with Crippen LogP contribution in [0.4, 0.5) is 17.1 Å². The molecular weight excluding hydrogens is 675 g/mol. The molecule has 266 valence electrons. The monoisotopic (exact) mass is 715 g/mol. The predicted octanol–water partition coefficient (Wildman–Crippen LogP) is 15.3. The molecule has 1 nitrogen and oxygen atoms in total. The molecule has 1 aliphatic carbocycles. The Balaban J connectivity index is 1.29. The van der Waals surface area contributed by atoms with Crippen LogP contribution >= 0.6 is 0 Å². The van der Waals surface area contributed by atoms with E-state index in [2.05, 4.69) is 231 Å². The molecular formula is C55H41N. The lowest BCUT2D eigenvalue weighted by Gasteiger charge is -2.32. The van der Waals surface area contributed by atoms with Crippen LogP contribution in [0.25, 0.3) is 66.4 Å². The zero-order valence-electron chi connectivity index (χ0n) is 31.7. The van der Waals surface area contributed by atoms with Crippen LogP contribution in [-0.2, 0) is 5.41 Å². The SMILES string of the molecule is CC1(C)c2ccccc2-c2c(N(c3ccc(-c4ccccc4)cc3)c3cccc(-c4ccc5ccccc5c4)c3-c3ccccc3-c3ccccc3)cccc21. The minimum Gasteiger partial charge on any atom is -0.309 e. The Bertz CT molecular complexity index is 2870. The third-order valence-electron chi connectivity index (χ3n) is 11.7. The summed E-state index contributed by atoms with van der Waals surface area (Å²) < 4.78 is 0. The molecule has 56 heavy (non-hydrogen) atoms. The second-order valence-electron chi connectivity index (χ2n) is 15.3. The van der Waals surface area contributed by atoms with Gasteiger partial charge in [0.05, 0.1) is 11.4 Å². The fourth-order valence-corrected chi connectivity index (χ4v) is 8.94. The molecule has 0 N–H and O–H groups in total. The molecule has 0 aromatic heterocycles. The van der Waals surface area contributed by atoms with Gasteiger partial charge in [-0.3, -0.25) is 0 Å². The second kappa shape index (κ2) is 13.7. The molecule has 0 amide bonds. The number of hydrogen-bond donors (Lipinski definition) is 0. The Kier molecular flexibility index (Phi) is 8.23. The van der Waals surface area contributed by atoms with E-state index in [0.717, 1.165) is 11.4 Å². The van der Waals surface area contributed by atoms with Crippen molar-refractivity contribution in [2.45, 2.75) is 19.3 Å². The van der Waals surface area contributed by atoms with Crippen molar-refractivity contribution in [2.24, 2.45) is 0 Å². The van der Waals surface area contributed by atoms with Gasteiger partial charge in [0.25, 0.3) is 0 Å². The highest BCUT2D eigenvalue weighted by molar-refractivity contribution is 6.04. The van der Waals surface area contributed by atoms with Crippen molar-refractivity contribution in [1.82, 2.24) is 0 Å². The summed E-state index contributed by atoms with van der Waals surface area (Å²) in [6.45, 7) is 4.73. The highest BCUT2D eigenvalue weighted by atomic mass is 15.1. The molecule has 0 radical (unpaired) electrons. The maximum atomic E-state index is 2.52. The van der Waals surface area contributed by atoms with E-state index in [1.807, 2.05) is 0 Å². The van der Waals surface area contributed by atoms with Crippen molar-refractivity contribution in [2.75, 3.05) is 4.90 Å². The maximum Gasteiger partial charge on any atom is 0.0546 e. The Morgan fingerprint density at radius 2 is 0.839 bits per heavy atom. The first kappa shape index (κ1) is 33.6. The van der Waals surface area contributed by atoms with Gasteiger partial charge in [0.2, 0.25) is 0 Å². The molecule has 1 heteroatoms. The molecule has 0 fully saturated rings. The van der Waals surface area contributed by atoms with Gasteiger partial charge >= 0.3 is 0 Å². The third kappa shape index (κ3) is 5.63. The first-order chi connectivity index (χ1) is 27.6. The van der Waals surface area contributed by atoms with Crippen LogP contribution in [0, 0.1) is 0 Å². The van der Waals surface area contributed by atoms with Crippen molar-refractivity contribution < 1.29 is 0 Å². The molecule has 0 saturated carbocycles. The van der Waals surface area contributed by atoms with E-state index in [-0.39, 0.29) is 5.41 Å².